The highest BCUT2D eigenvalue weighted by Crippen LogP contribution is 2.41. The molecule has 1 aliphatic heterocycles. The van der Waals surface area contributed by atoms with Gasteiger partial charge < -0.3 is 14.1 Å². The van der Waals surface area contributed by atoms with Crippen molar-refractivity contribution in [2.75, 3.05) is 26.3 Å². The minimum Gasteiger partial charge on any atom is -0.429 e. The third-order valence-electron chi connectivity index (χ3n) is 4.28. The largest absolute Gasteiger partial charge is 0.429 e. The first-order valence-electron chi connectivity index (χ1n) is 7.34. The van der Waals surface area contributed by atoms with Crippen LogP contribution in [0.25, 0.3) is 5.57 Å². The summed E-state index contributed by atoms with van der Waals surface area (Å²) in [6, 6.07) is 0. The van der Waals surface area contributed by atoms with Crippen molar-refractivity contribution in [3.8, 4) is 0 Å². The zero-order valence-electron chi connectivity index (χ0n) is 12.0. The molecule has 0 spiro atoms. The van der Waals surface area contributed by atoms with Crippen LogP contribution in [-0.4, -0.2) is 42.0 Å². The zero-order chi connectivity index (χ0) is 15.1. The maximum atomic E-state index is 12.4. The van der Waals surface area contributed by atoms with Gasteiger partial charge in [0, 0.05) is 42.4 Å². The lowest BCUT2D eigenvalue weighted by Gasteiger charge is -2.33. The second-order valence-electron chi connectivity index (χ2n) is 5.52. The highest BCUT2D eigenvalue weighted by molar-refractivity contribution is 9.10. The highest BCUT2D eigenvalue weighted by Gasteiger charge is 2.31. The molecule has 0 aromatic carbocycles. The maximum absolute atomic E-state index is 12.4. The fraction of sp³-hybridized carbons (Fsp3) is 0.375. The minimum atomic E-state index is 0.111. The fourth-order valence-electron chi connectivity index (χ4n) is 3.18. The molecule has 0 atom stereocenters. The van der Waals surface area contributed by atoms with E-state index in [2.05, 4.69) is 25.8 Å². The van der Waals surface area contributed by atoms with Crippen LogP contribution in [0, 0.1) is 0 Å². The molecule has 0 N–H and O–H groups in total. The molecule has 4 rings (SSSR count). The number of hydrogen-bond donors (Lipinski definition) is 0. The number of rotatable bonds is 2. The van der Waals surface area contributed by atoms with Gasteiger partial charge in [-0.25, -0.2) is 4.98 Å². The predicted molar refractivity (Wildman–Crippen MR) is 83.9 cm³/mol. The first kappa shape index (κ1) is 14.0. The van der Waals surface area contributed by atoms with Gasteiger partial charge in [0.05, 0.1) is 19.4 Å². The smallest absolute Gasteiger partial charge is 0.227 e. The Hall–Kier alpha value is -1.66. The standard InChI is InChI=1S/C16H15BrN2O3/c17-15-9-18-16(22-15)12-2-1-11-13(12)7-10(8-14(11)20)19-3-5-21-6-4-19/h2,8-9H,1,3-7H2. The molecule has 6 heteroatoms. The summed E-state index contributed by atoms with van der Waals surface area (Å²) in [4.78, 5) is 18.9. The van der Waals surface area contributed by atoms with Gasteiger partial charge in [0.25, 0.3) is 0 Å². The quantitative estimate of drug-likeness (QED) is 0.809. The molecule has 22 heavy (non-hydrogen) atoms. The first-order chi connectivity index (χ1) is 10.7. The molecule has 1 aromatic rings. The second kappa shape index (κ2) is 5.52. The summed E-state index contributed by atoms with van der Waals surface area (Å²) in [5.41, 5.74) is 3.96. The van der Waals surface area contributed by atoms with Crippen molar-refractivity contribution in [1.29, 1.82) is 0 Å². The number of hydrogen-bond acceptors (Lipinski definition) is 5. The van der Waals surface area contributed by atoms with Crippen molar-refractivity contribution < 1.29 is 13.9 Å². The Balaban J connectivity index is 1.62. The van der Waals surface area contributed by atoms with Crippen LogP contribution in [0.1, 0.15) is 18.7 Å². The van der Waals surface area contributed by atoms with E-state index < -0.39 is 0 Å². The van der Waals surface area contributed by atoms with Gasteiger partial charge in [-0.1, -0.05) is 6.08 Å². The van der Waals surface area contributed by atoms with Gasteiger partial charge in [0.2, 0.25) is 5.89 Å². The SMILES string of the molecule is O=C1C=C(N2CCOCC2)CC2=C1CC=C2c1ncc(Br)o1. The van der Waals surface area contributed by atoms with Crippen LogP contribution < -0.4 is 0 Å². The minimum absolute atomic E-state index is 0.111. The lowest BCUT2D eigenvalue weighted by Crippen LogP contribution is -2.36. The number of allylic oxidation sites excluding steroid dienone is 5. The van der Waals surface area contributed by atoms with E-state index in [4.69, 9.17) is 9.15 Å². The third kappa shape index (κ3) is 2.36. The van der Waals surface area contributed by atoms with Crippen LogP contribution in [0.5, 0.6) is 0 Å². The maximum Gasteiger partial charge on any atom is 0.227 e. The Morgan fingerprint density at radius 3 is 2.77 bits per heavy atom. The van der Waals surface area contributed by atoms with Gasteiger partial charge in [-0.3, -0.25) is 4.79 Å². The Morgan fingerprint density at radius 1 is 1.23 bits per heavy atom. The molecule has 2 heterocycles. The fourth-order valence-corrected chi connectivity index (χ4v) is 3.44. The van der Waals surface area contributed by atoms with Crippen molar-refractivity contribution in [2.24, 2.45) is 0 Å². The molecule has 1 saturated heterocycles. The first-order valence-corrected chi connectivity index (χ1v) is 8.13. The van der Waals surface area contributed by atoms with Crippen molar-refractivity contribution >= 4 is 27.3 Å². The normalized spacial score (nSPS) is 21.9. The molecule has 0 radical (unpaired) electrons. The molecule has 0 bridgehead atoms. The Labute approximate surface area is 136 Å². The van der Waals surface area contributed by atoms with Gasteiger partial charge in [-0.05, 0) is 27.9 Å². The molecule has 1 fully saturated rings. The number of aromatic nitrogens is 1. The number of ketones is 1. The van der Waals surface area contributed by atoms with E-state index in [0.717, 1.165) is 41.9 Å². The van der Waals surface area contributed by atoms with Crippen molar-refractivity contribution in [1.82, 2.24) is 9.88 Å². The summed E-state index contributed by atoms with van der Waals surface area (Å²) in [7, 11) is 0. The van der Waals surface area contributed by atoms with Crippen LogP contribution in [0.15, 0.2) is 44.3 Å². The average Bonchev–Trinajstić information content (AvgIpc) is 3.14. The summed E-state index contributed by atoms with van der Waals surface area (Å²) in [6.45, 7) is 3.11. The number of nitrogens with zero attached hydrogens (tertiary/aromatic N) is 2. The molecular formula is C16H15BrN2O3. The summed E-state index contributed by atoms with van der Waals surface area (Å²) in [5, 5.41) is 0. The lowest BCUT2D eigenvalue weighted by atomic mass is 9.92. The monoisotopic (exact) mass is 362 g/mol. The molecule has 2 aliphatic carbocycles. The summed E-state index contributed by atoms with van der Waals surface area (Å²) < 4.78 is 11.6. The molecule has 0 unspecified atom stereocenters. The summed E-state index contributed by atoms with van der Waals surface area (Å²) >= 11 is 3.28. The average molecular weight is 363 g/mol. The van der Waals surface area contributed by atoms with Crippen molar-refractivity contribution in [3.63, 3.8) is 0 Å². The Bertz CT molecular complexity index is 724. The van der Waals surface area contributed by atoms with E-state index >= 15 is 0 Å². The van der Waals surface area contributed by atoms with E-state index in [1.54, 1.807) is 12.3 Å². The molecular weight excluding hydrogens is 348 g/mol. The third-order valence-corrected chi connectivity index (χ3v) is 4.64. The lowest BCUT2D eigenvalue weighted by molar-refractivity contribution is -0.111. The van der Waals surface area contributed by atoms with Crippen LogP contribution in [0.2, 0.25) is 0 Å². The number of halogens is 1. The molecule has 1 aromatic heterocycles. The van der Waals surface area contributed by atoms with E-state index in [0.29, 0.717) is 30.2 Å². The van der Waals surface area contributed by atoms with Crippen LogP contribution in [-0.2, 0) is 9.53 Å². The number of carbonyl (C=O) groups is 1. The summed E-state index contributed by atoms with van der Waals surface area (Å²) in [5.74, 6) is 0.688. The van der Waals surface area contributed by atoms with Gasteiger partial charge >= 0.3 is 0 Å². The number of oxazole rings is 1. The topological polar surface area (TPSA) is 55.6 Å². The molecule has 114 valence electrons. The number of ether oxygens (including phenoxy) is 1. The molecule has 0 saturated carbocycles. The van der Waals surface area contributed by atoms with E-state index in [-0.39, 0.29) is 5.78 Å². The number of carbonyl (C=O) groups excluding carboxylic acids is 1. The van der Waals surface area contributed by atoms with Crippen LogP contribution in [0.3, 0.4) is 0 Å². The Morgan fingerprint density at radius 2 is 2.05 bits per heavy atom. The summed E-state index contributed by atoms with van der Waals surface area (Å²) in [6.07, 6.45) is 6.88. The van der Waals surface area contributed by atoms with E-state index in [1.807, 2.05) is 6.08 Å². The van der Waals surface area contributed by atoms with Gasteiger partial charge in [-0.15, -0.1) is 0 Å². The van der Waals surface area contributed by atoms with Gasteiger partial charge in [0.1, 0.15) is 0 Å². The highest BCUT2D eigenvalue weighted by atomic mass is 79.9. The van der Waals surface area contributed by atoms with Gasteiger partial charge in [0.15, 0.2) is 10.5 Å². The molecule has 3 aliphatic rings. The molecule has 5 nitrogen and oxygen atoms in total. The zero-order valence-corrected chi connectivity index (χ0v) is 13.6. The second-order valence-corrected chi connectivity index (χ2v) is 6.31. The van der Waals surface area contributed by atoms with Gasteiger partial charge in [-0.2, -0.15) is 0 Å². The predicted octanol–water partition coefficient (Wildman–Crippen LogP) is 2.71. The van der Waals surface area contributed by atoms with Crippen molar-refractivity contribution in [2.45, 2.75) is 12.8 Å². The van der Waals surface area contributed by atoms with Crippen molar-refractivity contribution in [3.05, 3.63) is 45.8 Å². The van der Waals surface area contributed by atoms with E-state index in [9.17, 15) is 4.79 Å². The molecule has 0 amide bonds. The number of morpholine rings is 1. The Kier molecular flexibility index (Phi) is 3.50. The van der Waals surface area contributed by atoms with E-state index in [1.165, 1.54) is 0 Å². The van der Waals surface area contributed by atoms with Crippen LogP contribution in [0.4, 0.5) is 0 Å². The van der Waals surface area contributed by atoms with Crippen LogP contribution >= 0.6 is 15.9 Å².